The fourth-order valence-electron chi connectivity index (χ4n) is 3.79. The van der Waals surface area contributed by atoms with Gasteiger partial charge in [-0.15, -0.1) is 0 Å². The number of carboxylic acid groups (broad SMARTS) is 1. The lowest BCUT2D eigenvalue weighted by Gasteiger charge is -2.40. The molecule has 1 aromatic heterocycles. The lowest BCUT2D eigenvalue weighted by Crippen LogP contribution is -2.49. The Labute approximate surface area is 163 Å². The van der Waals surface area contributed by atoms with Crippen LogP contribution in [-0.2, 0) is 4.79 Å². The fraction of sp³-hybridized carbons (Fsp3) is 0.318. The molecule has 2 aromatic carbocycles. The molecule has 0 spiro atoms. The van der Waals surface area contributed by atoms with E-state index in [0.29, 0.717) is 26.0 Å². The molecule has 4 rings (SSSR count). The van der Waals surface area contributed by atoms with Crippen LogP contribution >= 0.6 is 0 Å². The van der Waals surface area contributed by atoms with Crippen molar-refractivity contribution in [3.8, 4) is 5.75 Å². The highest BCUT2D eigenvalue weighted by molar-refractivity contribution is 5.77. The van der Waals surface area contributed by atoms with Gasteiger partial charge in [-0.25, -0.2) is 4.98 Å². The Morgan fingerprint density at radius 3 is 2.64 bits per heavy atom. The molecule has 0 saturated carbocycles. The number of para-hydroxylation sites is 3. The molecule has 28 heavy (non-hydrogen) atoms. The first-order chi connectivity index (χ1) is 13.7. The molecule has 2 heterocycles. The van der Waals surface area contributed by atoms with Crippen molar-refractivity contribution in [2.75, 3.05) is 24.6 Å². The van der Waals surface area contributed by atoms with E-state index >= 15 is 0 Å². The number of fused-ring (bicyclic) bond motifs is 1. The highest BCUT2D eigenvalue weighted by Crippen LogP contribution is 2.36. The van der Waals surface area contributed by atoms with Crippen molar-refractivity contribution in [3.05, 3.63) is 60.8 Å². The van der Waals surface area contributed by atoms with E-state index in [4.69, 9.17) is 9.72 Å². The second-order valence-electron chi connectivity index (χ2n) is 7.24. The summed E-state index contributed by atoms with van der Waals surface area (Å²) in [6, 6.07) is 17.2. The first kappa shape index (κ1) is 18.2. The third-order valence-electron chi connectivity index (χ3n) is 5.38. The molecular weight excluding hydrogens is 354 g/mol. The van der Waals surface area contributed by atoms with E-state index in [9.17, 15) is 9.90 Å². The third kappa shape index (κ3) is 3.76. The van der Waals surface area contributed by atoms with Crippen LogP contribution in [0.3, 0.4) is 0 Å². The Morgan fingerprint density at radius 1 is 1.11 bits per heavy atom. The van der Waals surface area contributed by atoms with Crippen LogP contribution in [0.5, 0.6) is 5.75 Å². The quantitative estimate of drug-likeness (QED) is 0.705. The van der Waals surface area contributed by atoms with E-state index in [1.165, 1.54) is 0 Å². The molecule has 0 amide bonds. The summed E-state index contributed by atoms with van der Waals surface area (Å²) in [7, 11) is 0. The Morgan fingerprint density at radius 2 is 1.86 bits per heavy atom. The zero-order valence-electron chi connectivity index (χ0n) is 15.6. The molecule has 0 bridgehead atoms. The fourth-order valence-corrected chi connectivity index (χ4v) is 3.79. The summed E-state index contributed by atoms with van der Waals surface area (Å²) in [6.07, 6.45) is 3.62. The van der Waals surface area contributed by atoms with Gasteiger partial charge in [0, 0.05) is 13.1 Å². The van der Waals surface area contributed by atoms with Gasteiger partial charge in [-0.2, -0.15) is 0 Å². The van der Waals surface area contributed by atoms with E-state index in [-0.39, 0.29) is 0 Å². The van der Waals surface area contributed by atoms with Crippen molar-refractivity contribution >= 4 is 22.8 Å². The van der Waals surface area contributed by atoms with Crippen molar-refractivity contribution in [2.24, 2.45) is 5.41 Å². The van der Waals surface area contributed by atoms with E-state index < -0.39 is 11.4 Å². The maximum absolute atomic E-state index is 12.2. The average Bonchev–Trinajstić information content (AvgIpc) is 2.74. The number of hydrogen-bond donors (Lipinski definition) is 1. The molecule has 0 unspecified atom stereocenters. The number of benzene rings is 2. The molecule has 6 nitrogen and oxygen atoms in total. The van der Waals surface area contributed by atoms with Gasteiger partial charge in [-0.3, -0.25) is 9.78 Å². The van der Waals surface area contributed by atoms with Gasteiger partial charge in [0.25, 0.3) is 0 Å². The maximum atomic E-state index is 12.2. The third-order valence-corrected chi connectivity index (χ3v) is 5.38. The summed E-state index contributed by atoms with van der Waals surface area (Å²) >= 11 is 0. The van der Waals surface area contributed by atoms with Gasteiger partial charge >= 0.3 is 5.97 Å². The second-order valence-corrected chi connectivity index (χ2v) is 7.24. The number of rotatable bonds is 6. The van der Waals surface area contributed by atoms with Crippen LogP contribution in [0.15, 0.2) is 60.8 Å². The second kappa shape index (κ2) is 7.84. The van der Waals surface area contributed by atoms with Crippen molar-refractivity contribution in [1.82, 2.24) is 9.97 Å². The first-order valence-electron chi connectivity index (χ1n) is 9.54. The van der Waals surface area contributed by atoms with Gasteiger partial charge in [-0.1, -0.05) is 30.3 Å². The first-order valence-corrected chi connectivity index (χ1v) is 9.54. The summed E-state index contributed by atoms with van der Waals surface area (Å²) in [5.74, 6) is 0.715. The molecule has 1 atom stereocenters. The monoisotopic (exact) mass is 377 g/mol. The highest BCUT2D eigenvalue weighted by Gasteiger charge is 2.42. The number of anilines is 1. The van der Waals surface area contributed by atoms with Gasteiger partial charge in [0.1, 0.15) is 11.6 Å². The molecule has 1 N–H and O–H groups in total. The van der Waals surface area contributed by atoms with Crippen LogP contribution in [0.1, 0.15) is 19.3 Å². The molecule has 6 heteroatoms. The highest BCUT2D eigenvalue weighted by atomic mass is 16.5. The van der Waals surface area contributed by atoms with Crippen molar-refractivity contribution in [1.29, 1.82) is 0 Å². The van der Waals surface area contributed by atoms with Crippen LogP contribution in [0, 0.1) is 5.41 Å². The molecule has 1 saturated heterocycles. The molecule has 0 radical (unpaired) electrons. The van der Waals surface area contributed by atoms with Gasteiger partial charge in [-0.05, 0) is 43.5 Å². The Bertz CT molecular complexity index is 963. The van der Waals surface area contributed by atoms with Crippen molar-refractivity contribution in [2.45, 2.75) is 19.3 Å². The number of hydrogen-bond acceptors (Lipinski definition) is 5. The smallest absolute Gasteiger partial charge is 0.311 e. The van der Waals surface area contributed by atoms with Gasteiger partial charge in [0.2, 0.25) is 0 Å². The molecule has 1 aliphatic heterocycles. The number of aromatic nitrogens is 2. The van der Waals surface area contributed by atoms with Gasteiger partial charge in [0.15, 0.2) is 0 Å². The van der Waals surface area contributed by atoms with Crippen molar-refractivity contribution < 1.29 is 14.6 Å². The topological polar surface area (TPSA) is 75.6 Å². The Balaban J connectivity index is 1.50. The largest absolute Gasteiger partial charge is 0.494 e. The van der Waals surface area contributed by atoms with Crippen LogP contribution in [-0.4, -0.2) is 40.7 Å². The zero-order valence-corrected chi connectivity index (χ0v) is 15.6. The summed E-state index contributed by atoms with van der Waals surface area (Å²) in [6.45, 7) is 1.56. The van der Waals surface area contributed by atoms with Crippen LogP contribution in [0.4, 0.5) is 5.82 Å². The van der Waals surface area contributed by atoms with E-state index in [2.05, 4.69) is 4.98 Å². The molecule has 1 aliphatic rings. The minimum Gasteiger partial charge on any atom is -0.494 e. The number of nitrogens with zero attached hydrogens (tertiary/aromatic N) is 3. The molecule has 1 fully saturated rings. The summed E-state index contributed by atoms with van der Waals surface area (Å²) < 4.78 is 5.77. The van der Waals surface area contributed by atoms with Crippen LogP contribution < -0.4 is 9.64 Å². The predicted molar refractivity (Wildman–Crippen MR) is 108 cm³/mol. The Kier molecular flexibility index (Phi) is 5.10. The minimum absolute atomic E-state index is 0.369. The van der Waals surface area contributed by atoms with Gasteiger partial charge in [0.05, 0.1) is 29.3 Å². The SMILES string of the molecule is O=C(O)[C@@]1(CCOc2ccccc2)CCCN(c2cnc3ccccc3n2)C1. The van der Waals surface area contributed by atoms with E-state index in [1.54, 1.807) is 6.20 Å². The number of aliphatic carboxylic acids is 1. The summed E-state index contributed by atoms with van der Waals surface area (Å²) in [5, 5.41) is 10.0. The number of piperidine rings is 1. The number of ether oxygens (including phenoxy) is 1. The zero-order chi connectivity index (χ0) is 19.4. The number of carbonyl (C=O) groups is 1. The maximum Gasteiger partial charge on any atom is 0.311 e. The minimum atomic E-state index is -0.847. The molecule has 3 aromatic rings. The Hall–Kier alpha value is -3.15. The molecular formula is C22H23N3O3. The molecule has 0 aliphatic carbocycles. The lowest BCUT2D eigenvalue weighted by molar-refractivity contribution is -0.150. The van der Waals surface area contributed by atoms with Crippen molar-refractivity contribution in [3.63, 3.8) is 0 Å². The van der Waals surface area contributed by atoms with Crippen LogP contribution in [0.2, 0.25) is 0 Å². The summed E-state index contributed by atoms with van der Waals surface area (Å²) in [4.78, 5) is 23.4. The van der Waals surface area contributed by atoms with E-state index in [1.807, 2.05) is 59.5 Å². The molecule has 144 valence electrons. The van der Waals surface area contributed by atoms with Gasteiger partial charge < -0.3 is 14.7 Å². The predicted octanol–water partition coefficient (Wildman–Crippen LogP) is 3.77. The number of carboxylic acids is 1. The van der Waals surface area contributed by atoms with E-state index in [0.717, 1.165) is 35.6 Å². The standard InChI is InChI=1S/C22H23N3O3/c26-21(27)22(12-14-28-17-7-2-1-3-8-17)11-6-13-25(16-22)20-15-23-18-9-4-5-10-19(18)24-20/h1-5,7-10,15H,6,11-14,16H2,(H,26,27)/t22-/m1/s1. The average molecular weight is 377 g/mol. The summed E-state index contributed by atoms with van der Waals surface area (Å²) in [5.41, 5.74) is 0.809. The normalized spacial score (nSPS) is 19.5. The van der Waals surface area contributed by atoms with Crippen LogP contribution in [0.25, 0.3) is 11.0 Å². The lowest BCUT2D eigenvalue weighted by atomic mass is 9.77.